The van der Waals surface area contributed by atoms with Crippen molar-refractivity contribution in [1.29, 1.82) is 0 Å². The first-order chi connectivity index (χ1) is 18.9. The number of likely N-dealkylation sites (tertiary alicyclic amines) is 1. The summed E-state index contributed by atoms with van der Waals surface area (Å²) in [7, 11) is 2.96. The van der Waals surface area contributed by atoms with Gasteiger partial charge in [0.1, 0.15) is 5.52 Å². The molecule has 0 radical (unpaired) electrons. The average molecular weight is 536 g/mol. The maximum Gasteiger partial charge on any atom is 0.308 e. The minimum absolute atomic E-state index is 0.117. The Hall–Kier alpha value is -3.27. The average Bonchev–Trinajstić information content (AvgIpc) is 3.63. The molecule has 0 bridgehead atoms. The smallest absolute Gasteiger partial charge is 0.308 e. The van der Waals surface area contributed by atoms with E-state index >= 15 is 0 Å². The van der Waals surface area contributed by atoms with Crippen LogP contribution in [0.25, 0.3) is 11.1 Å². The van der Waals surface area contributed by atoms with Gasteiger partial charge in [0.25, 0.3) is 11.9 Å². The number of aryl methyl sites for hydroxylation is 1. The van der Waals surface area contributed by atoms with E-state index in [1.54, 1.807) is 7.11 Å². The zero-order valence-corrected chi connectivity index (χ0v) is 22.9. The van der Waals surface area contributed by atoms with Crippen LogP contribution >= 0.6 is 0 Å². The molecule has 0 spiro atoms. The molecule has 2 fully saturated rings. The Labute approximate surface area is 228 Å². The third-order valence-corrected chi connectivity index (χ3v) is 7.89. The number of Topliss-reactive ketones (excluding diaryl/α,β-unsaturated/α-hetero) is 1. The molecule has 1 aliphatic heterocycles. The Bertz CT molecular complexity index is 1310. The number of aromatic nitrogens is 1. The normalized spacial score (nSPS) is 21.5. The summed E-state index contributed by atoms with van der Waals surface area (Å²) < 4.78 is 23.4. The summed E-state index contributed by atoms with van der Waals surface area (Å²) in [5.74, 6) is -1.91. The van der Waals surface area contributed by atoms with Gasteiger partial charge >= 0.3 is 5.97 Å². The van der Waals surface area contributed by atoms with Crippen molar-refractivity contribution in [1.82, 2.24) is 9.88 Å². The molecule has 9 nitrogen and oxygen atoms in total. The number of oxazole rings is 1. The van der Waals surface area contributed by atoms with E-state index < -0.39 is 5.91 Å². The maximum atomic E-state index is 13.9. The lowest BCUT2D eigenvalue weighted by molar-refractivity contribution is -0.301. The Balaban J connectivity index is 1.32. The van der Waals surface area contributed by atoms with Crippen LogP contribution in [0.3, 0.4) is 0 Å². The highest BCUT2D eigenvalue weighted by molar-refractivity contribution is 5.88. The van der Waals surface area contributed by atoms with E-state index in [0.717, 1.165) is 42.7 Å². The lowest BCUT2D eigenvalue weighted by atomic mass is 9.87. The second kappa shape index (κ2) is 11.9. The summed E-state index contributed by atoms with van der Waals surface area (Å²) in [6.07, 6.45) is 4.61. The second-order valence-corrected chi connectivity index (χ2v) is 10.5. The van der Waals surface area contributed by atoms with Gasteiger partial charge in [-0.15, -0.1) is 0 Å². The summed E-state index contributed by atoms with van der Waals surface area (Å²) in [5.41, 5.74) is 4.11. The van der Waals surface area contributed by atoms with Gasteiger partial charge in [0, 0.05) is 32.3 Å². The van der Waals surface area contributed by atoms with Crippen LogP contribution in [-0.4, -0.2) is 61.0 Å². The third kappa shape index (κ3) is 5.85. The highest BCUT2D eigenvalue weighted by Gasteiger charge is 2.48. The molecule has 1 unspecified atom stereocenters. The van der Waals surface area contributed by atoms with Crippen LogP contribution in [0.2, 0.25) is 0 Å². The molecule has 1 aliphatic carbocycles. The number of hydrogen-bond acceptors (Lipinski definition) is 9. The number of nitrogens with zero attached hydrogens (tertiary/aromatic N) is 2. The molecule has 2 aliphatic rings. The second-order valence-electron chi connectivity index (χ2n) is 10.5. The molecule has 0 amide bonds. The van der Waals surface area contributed by atoms with Gasteiger partial charge in [-0.3, -0.25) is 9.59 Å². The number of ketones is 1. The first kappa shape index (κ1) is 27.3. The van der Waals surface area contributed by atoms with Crippen LogP contribution < -0.4 is 5.32 Å². The molecular weight excluding hydrogens is 498 g/mol. The fourth-order valence-electron chi connectivity index (χ4n) is 5.69. The minimum Gasteiger partial charge on any atom is -0.469 e. The van der Waals surface area contributed by atoms with Crippen LogP contribution in [0.5, 0.6) is 0 Å². The quantitative estimate of drug-likeness (QED) is 0.279. The lowest BCUT2D eigenvalue weighted by Crippen LogP contribution is -2.59. The summed E-state index contributed by atoms with van der Waals surface area (Å²) in [6.45, 7) is 3.47. The number of anilines is 2. The van der Waals surface area contributed by atoms with Crippen LogP contribution in [0.1, 0.15) is 49.7 Å². The largest absolute Gasteiger partial charge is 0.469 e. The molecule has 1 aromatic heterocycles. The number of nitrogens with one attached hydrogen (secondary N) is 1. The van der Waals surface area contributed by atoms with Gasteiger partial charge in [-0.1, -0.05) is 24.3 Å². The van der Waals surface area contributed by atoms with Crippen molar-refractivity contribution in [2.24, 2.45) is 5.92 Å². The SMILES string of the molecule is COC(=O)C1CCC(OC(OC)(C(=O)Cc2ccc3nc(Nc4ccccc4C)oc3c2)N2CCCC2)CC1. The molecule has 1 saturated heterocycles. The number of carbonyl (C=O) groups excluding carboxylic acids is 2. The Kier molecular flexibility index (Phi) is 8.30. The molecule has 1 saturated carbocycles. The van der Waals surface area contributed by atoms with Crippen LogP contribution in [0.15, 0.2) is 46.9 Å². The number of carbonyl (C=O) groups is 2. The number of hydrogen-bond donors (Lipinski definition) is 1. The van der Waals surface area contributed by atoms with E-state index in [2.05, 4.69) is 10.3 Å². The van der Waals surface area contributed by atoms with Gasteiger partial charge in [-0.2, -0.15) is 4.98 Å². The molecule has 9 heteroatoms. The first-order valence-electron chi connectivity index (χ1n) is 13.7. The van der Waals surface area contributed by atoms with Gasteiger partial charge in [0.15, 0.2) is 5.58 Å². The van der Waals surface area contributed by atoms with Crippen LogP contribution in [-0.2, 0) is 30.2 Å². The van der Waals surface area contributed by atoms with E-state index in [1.807, 2.05) is 54.3 Å². The van der Waals surface area contributed by atoms with Crippen molar-refractivity contribution >= 4 is 34.6 Å². The summed E-state index contributed by atoms with van der Waals surface area (Å²) in [5, 5.41) is 3.23. The molecular formula is C30H37N3O6. The number of methoxy groups -OCH3 is 2. The number of esters is 1. The van der Waals surface area contributed by atoms with Crippen molar-refractivity contribution < 1.29 is 28.2 Å². The van der Waals surface area contributed by atoms with Crippen molar-refractivity contribution in [2.45, 2.75) is 63.9 Å². The Morgan fingerprint density at radius 3 is 2.51 bits per heavy atom. The summed E-state index contributed by atoms with van der Waals surface area (Å²) in [6, 6.07) is 13.9. The standard InChI is InChI=1S/C30H37N3O6/c1-20-8-4-5-9-24(20)31-29-32-25-15-10-21(18-26(25)38-29)19-27(34)30(37-3,33-16-6-7-17-33)39-23-13-11-22(12-14-23)28(35)36-2/h4-5,8-10,15,18,22-23H,6-7,11-14,16-17,19H2,1-3H3,(H,31,32). The molecule has 2 heterocycles. The van der Waals surface area contributed by atoms with Gasteiger partial charge < -0.3 is 23.9 Å². The zero-order chi connectivity index (χ0) is 27.4. The summed E-state index contributed by atoms with van der Waals surface area (Å²) in [4.78, 5) is 32.5. The van der Waals surface area contributed by atoms with Gasteiger partial charge in [0.05, 0.1) is 19.1 Å². The van der Waals surface area contributed by atoms with E-state index in [0.29, 0.717) is 42.8 Å². The fourth-order valence-corrected chi connectivity index (χ4v) is 5.69. The molecule has 5 rings (SSSR count). The molecule has 1 N–H and O–H groups in total. The number of benzene rings is 2. The zero-order valence-electron chi connectivity index (χ0n) is 22.9. The van der Waals surface area contributed by atoms with Crippen molar-refractivity contribution in [3.8, 4) is 0 Å². The maximum absolute atomic E-state index is 13.9. The number of ether oxygens (including phenoxy) is 3. The number of fused-ring (bicyclic) bond motifs is 1. The van der Waals surface area contributed by atoms with E-state index in [4.69, 9.17) is 18.6 Å². The highest BCUT2D eigenvalue weighted by Crippen LogP contribution is 2.34. The predicted octanol–water partition coefficient (Wildman–Crippen LogP) is 5.14. The van der Waals surface area contributed by atoms with Gasteiger partial charge in [0.2, 0.25) is 5.78 Å². The third-order valence-electron chi connectivity index (χ3n) is 7.89. The van der Waals surface area contributed by atoms with E-state index in [9.17, 15) is 9.59 Å². The minimum atomic E-state index is -1.47. The lowest BCUT2D eigenvalue weighted by Gasteiger charge is -2.42. The van der Waals surface area contributed by atoms with Gasteiger partial charge in [-0.25, -0.2) is 4.90 Å². The molecule has 1 atom stereocenters. The summed E-state index contributed by atoms with van der Waals surface area (Å²) >= 11 is 0. The van der Waals surface area contributed by atoms with Crippen molar-refractivity contribution in [2.75, 3.05) is 32.6 Å². The van der Waals surface area contributed by atoms with Crippen molar-refractivity contribution in [3.05, 3.63) is 53.6 Å². The first-order valence-corrected chi connectivity index (χ1v) is 13.7. The fraction of sp³-hybridized carbons (Fsp3) is 0.500. The molecule has 208 valence electrons. The van der Waals surface area contributed by atoms with Gasteiger partial charge in [-0.05, 0) is 74.8 Å². The monoisotopic (exact) mass is 535 g/mol. The molecule has 39 heavy (non-hydrogen) atoms. The highest BCUT2D eigenvalue weighted by atomic mass is 16.7. The number of rotatable bonds is 10. The van der Waals surface area contributed by atoms with E-state index in [-0.39, 0.29) is 30.2 Å². The molecule has 3 aromatic rings. The predicted molar refractivity (Wildman–Crippen MR) is 147 cm³/mol. The van der Waals surface area contributed by atoms with Crippen LogP contribution in [0.4, 0.5) is 11.7 Å². The Morgan fingerprint density at radius 2 is 1.82 bits per heavy atom. The van der Waals surface area contributed by atoms with Crippen molar-refractivity contribution in [3.63, 3.8) is 0 Å². The van der Waals surface area contributed by atoms with E-state index in [1.165, 1.54) is 7.11 Å². The molecule has 2 aromatic carbocycles. The number of para-hydroxylation sites is 1. The Morgan fingerprint density at radius 1 is 1.08 bits per heavy atom. The van der Waals surface area contributed by atoms with Crippen LogP contribution in [0, 0.1) is 12.8 Å². The topological polar surface area (TPSA) is 103 Å².